The summed E-state index contributed by atoms with van der Waals surface area (Å²) in [5, 5.41) is 0. The van der Waals surface area contributed by atoms with Gasteiger partial charge in [-0.1, -0.05) is 0 Å². The SMILES string of the molecule is CN(C(=O)CS)c1ccc2c(c1)CC(=O)N2C. The van der Waals surface area contributed by atoms with Gasteiger partial charge in [0.05, 0.1) is 12.2 Å². The van der Waals surface area contributed by atoms with Gasteiger partial charge in [-0.3, -0.25) is 9.59 Å². The first-order valence-corrected chi connectivity index (χ1v) is 5.94. The third kappa shape index (κ3) is 2.02. The Morgan fingerprint density at radius 3 is 2.88 bits per heavy atom. The van der Waals surface area contributed by atoms with E-state index in [1.54, 1.807) is 23.9 Å². The molecule has 2 amide bonds. The van der Waals surface area contributed by atoms with Crippen LogP contribution in [0, 0.1) is 0 Å². The van der Waals surface area contributed by atoms with Crippen LogP contribution in [0.2, 0.25) is 0 Å². The Hall–Kier alpha value is -1.49. The number of nitrogens with zero attached hydrogens (tertiary/aromatic N) is 2. The third-order valence-corrected chi connectivity index (χ3v) is 3.31. The van der Waals surface area contributed by atoms with E-state index in [1.807, 2.05) is 18.2 Å². The smallest absolute Gasteiger partial charge is 0.236 e. The molecule has 1 heterocycles. The van der Waals surface area contributed by atoms with E-state index in [0.717, 1.165) is 16.9 Å². The van der Waals surface area contributed by atoms with Crippen molar-refractivity contribution in [2.45, 2.75) is 6.42 Å². The lowest BCUT2D eigenvalue weighted by atomic mass is 10.1. The molecule has 1 aliphatic rings. The molecule has 0 saturated carbocycles. The summed E-state index contributed by atoms with van der Waals surface area (Å²) in [6.07, 6.45) is 0.405. The molecule has 2 rings (SSSR count). The second-order valence-electron chi connectivity index (χ2n) is 4.05. The summed E-state index contributed by atoms with van der Waals surface area (Å²) in [5.74, 6) is 0.193. The Balaban J connectivity index is 2.33. The molecule has 0 saturated heterocycles. The van der Waals surface area contributed by atoms with Crippen LogP contribution in [-0.4, -0.2) is 31.7 Å². The van der Waals surface area contributed by atoms with Gasteiger partial charge in [0.1, 0.15) is 0 Å². The number of carbonyl (C=O) groups is 2. The van der Waals surface area contributed by atoms with Gasteiger partial charge in [-0.05, 0) is 23.8 Å². The molecule has 1 aromatic rings. The molecule has 17 heavy (non-hydrogen) atoms. The highest BCUT2D eigenvalue weighted by Crippen LogP contribution is 2.31. The van der Waals surface area contributed by atoms with Crippen LogP contribution in [0.3, 0.4) is 0 Å². The predicted octanol–water partition coefficient (Wildman–Crippen LogP) is 1.10. The molecule has 0 atom stereocenters. The average Bonchev–Trinajstić information content (AvgIpc) is 2.62. The van der Waals surface area contributed by atoms with Crippen molar-refractivity contribution in [2.75, 3.05) is 29.6 Å². The molecule has 1 aliphatic heterocycles. The van der Waals surface area contributed by atoms with E-state index in [4.69, 9.17) is 0 Å². The molecule has 0 N–H and O–H groups in total. The van der Waals surface area contributed by atoms with Gasteiger partial charge in [0.15, 0.2) is 0 Å². The summed E-state index contributed by atoms with van der Waals surface area (Å²) < 4.78 is 0. The van der Waals surface area contributed by atoms with E-state index in [-0.39, 0.29) is 17.6 Å². The second-order valence-corrected chi connectivity index (χ2v) is 4.37. The highest BCUT2D eigenvalue weighted by Gasteiger charge is 2.24. The molecule has 0 bridgehead atoms. The maximum Gasteiger partial charge on any atom is 0.236 e. The molecule has 0 aromatic heterocycles. The molecule has 0 radical (unpaired) electrons. The van der Waals surface area contributed by atoms with Crippen LogP contribution in [0.4, 0.5) is 11.4 Å². The van der Waals surface area contributed by atoms with Crippen molar-refractivity contribution in [3.63, 3.8) is 0 Å². The molecule has 0 spiro atoms. The molecule has 90 valence electrons. The minimum absolute atomic E-state index is 0.0639. The van der Waals surface area contributed by atoms with Crippen molar-refractivity contribution in [2.24, 2.45) is 0 Å². The van der Waals surface area contributed by atoms with Crippen molar-refractivity contribution in [3.05, 3.63) is 23.8 Å². The largest absolute Gasteiger partial charge is 0.315 e. The minimum atomic E-state index is -0.0639. The maximum absolute atomic E-state index is 11.5. The highest BCUT2D eigenvalue weighted by atomic mass is 32.1. The topological polar surface area (TPSA) is 40.6 Å². The molecule has 0 aliphatic carbocycles. The molecule has 4 nitrogen and oxygen atoms in total. The number of thiol groups is 1. The van der Waals surface area contributed by atoms with E-state index in [9.17, 15) is 9.59 Å². The standard InChI is InChI=1S/C12H14N2O2S/c1-13(12(16)7-17)9-3-4-10-8(5-9)6-11(15)14(10)2/h3-5,17H,6-7H2,1-2H3. The third-order valence-electron chi connectivity index (χ3n) is 3.04. The molecular weight excluding hydrogens is 236 g/mol. The Bertz CT molecular complexity index is 487. The summed E-state index contributed by atoms with van der Waals surface area (Å²) >= 11 is 3.96. The van der Waals surface area contributed by atoms with Gasteiger partial charge in [0, 0.05) is 25.5 Å². The summed E-state index contributed by atoms with van der Waals surface area (Å²) in [7, 11) is 3.47. The van der Waals surface area contributed by atoms with Gasteiger partial charge in [-0.25, -0.2) is 0 Å². The number of rotatable bonds is 2. The van der Waals surface area contributed by atoms with Crippen molar-refractivity contribution < 1.29 is 9.59 Å². The van der Waals surface area contributed by atoms with Crippen molar-refractivity contribution >= 4 is 35.8 Å². The van der Waals surface area contributed by atoms with Crippen LogP contribution in [0.1, 0.15) is 5.56 Å². The molecular formula is C12H14N2O2S. The van der Waals surface area contributed by atoms with Crippen LogP contribution in [0.5, 0.6) is 0 Å². The number of amides is 2. The fourth-order valence-electron chi connectivity index (χ4n) is 1.92. The predicted molar refractivity (Wildman–Crippen MR) is 70.8 cm³/mol. The lowest BCUT2D eigenvalue weighted by molar-refractivity contribution is -0.117. The van der Waals surface area contributed by atoms with Crippen molar-refractivity contribution in [1.82, 2.24) is 0 Å². The fraction of sp³-hybridized carbons (Fsp3) is 0.333. The zero-order chi connectivity index (χ0) is 12.6. The van der Waals surface area contributed by atoms with Gasteiger partial charge < -0.3 is 9.80 Å². The number of benzene rings is 1. The van der Waals surface area contributed by atoms with Crippen LogP contribution < -0.4 is 9.80 Å². The minimum Gasteiger partial charge on any atom is -0.315 e. The lowest BCUT2D eigenvalue weighted by Crippen LogP contribution is -2.27. The quantitative estimate of drug-likeness (QED) is 0.798. The monoisotopic (exact) mass is 250 g/mol. The zero-order valence-electron chi connectivity index (χ0n) is 9.80. The van der Waals surface area contributed by atoms with Gasteiger partial charge in [-0.2, -0.15) is 12.6 Å². The number of anilines is 2. The van der Waals surface area contributed by atoms with Crippen molar-refractivity contribution in [1.29, 1.82) is 0 Å². The van der Waals surface area contributed by atoms with Crippen molar-refractivity contribution in [3.8, 4) is 0 Å². The summed E-state index contributed by atoms with van der Waals surface area (Å²) in [6.45, 7) is 0. The first kappa shape index (κ1) is 12.0. The maximum atomic E-state index is 11.5. The normalized spacial score (nSPS) is 13.8. The molecule has 5 heteroatoms. The Labute approximate surface area is 106 Å². The fourth-order valence-corrected chi connectivity index (χ4v) is 2.13. The van der Waals surface area contributed by atoms with E-state index >= 15 is 0 Å². The Morgan fingerprint density at radius 1 is 1.53 bits per heavy atom. The van der Waals surface area contributed by atoms with Crippen LogP contribution in [-0.2, 0) is 16.0 Å². The van der Waals surface area contributed by atoms with Crippen LogP contribution >= 0.6 is 12.6 Å². The van der Waals surface area contributed by atoms with Gasteiger partial charge in [-0.15, -0.1) is 0 Å². The Morgan fingerprint density at radius 2 is 2.24 bits per heavy atom. The van der Waals surface area contributed by atoms with E-state index in [1.165, 1.54) is 0 Å². The molecule has 0 unspecified atom stereocenters. The van der Waals surface area contributed by atoms with E-state index in [2.05, 4.69) is 12.6 Å². The van der Waals surface area contributed by atoms with Crippen LogP contribution in [0.25, 0.3) is 0 Å². The molecule has 0 fully saturated rings. The number of fused-ring (bicyclic) bond motifs is 1. The van der Waals surface area contributed by atoms with Crippen LogP contribution in [0.15, 0.2) is 18.2 Å². The Kier molecular flexibility index (Phi) is 3.11. The van der Waals surface area contributed by atoms with Gasteiger partial charge in [0.2, 0.25) is 11.8 Å². The average molecular weight is 250 g/mol. The highest BCUT2D eigenvalue weighted by molar-refractivity contribution is 7.81. The first-order chi connectivity index (χ1) is 8.04. The number of carbonyl (C=O) groups excluding carboxylic acids is 2. The molecule has 1 aromatic carbocycles. The summed E-state index contributed by atoms with van der Waals surface area (Å²) in [6, 6.07) is 5.60. The van der Waals surface area contributed by atoms with E-state index < -0.39 is 0 Å². The lowest BCUT2D eigenvalue weighted by Gasteiger charge is -2.17. The number of likely N-dealkylation sites (N-methyl/N-ethyl adjacent to an activating group) is 1. The number of hydrogen-bond donors (Lipinski definition) is 1. The zero-order valence-corrected chi connectivity index (χ0v) is 10.7. The van der Waals surface area contributed by atoms with Gasteiger partial charge >= 0.3 is 0 Å². The number of hydrogen-bond acceptors (Lipinski definition) is 3. The first-order valence-electron chi connectivity index (χ1n) is 5.31. The van der Waals surface area contributed by atoms with Gasteiger partial charge in [0.25, 0.3) is 0 Å². The second kappa shape index (κ2) is 4.41. The summed E-state index contributed by atoms with van der Waals surface area (Å²) in [5.41, 5.74) is 2.69. The van der Waals surface area contributed by atoms with E-state index in [0.29, 0.717) is 6.42 Å². The summed E-state index contributed by atoms with van der Waals surface area (Å²) in [4.78, 5) is 26.2.